The van der Waals surface area contributed by atoms with Gasteiger partial charge in [-0.2, -0.15) is 22.0 Å². The van der Waals surface area contributed by atoms with Crippen molar-refractivity contribution in [3.8, 4) is 5.75 Å². The van der Waals surface area contributed by atoms with Crippen LogP contribution in [0, 0.1) is 13.8 Å². The van der Waals surface area contributed by atoms with Crippen LogP contribution in [0.25, 0.3) is 0 Å². The van der Waals surface area contributed by atoms with Gasteiger partial charge in [-0.15, -0.1) is 0 Å². The highest BCUT2D eigenvalue weighted by Gasteiger charge is 2.42. The third kappa shape index (κ3) is 15.7. The number of hydrogen-bond acceptors (Lipinski definition) is 5. The lowest BCUT2D eigenvalue weighted by molar-refractivity contribution is -0.210. The number of aliphatic carboxylic acids is 3. The number of carboxylic acids is 3. The SMILES string of the molecule is Cc1ccc(C)c(CCCC(=O)O)c1.O=C(O)/C=C\C(=O)Nc1cccc(C(F)(F)F)c1.O=C(O)C(F)(F)Oc1ccccc1. The van der Waals surface area contributed by atoms with E-state index in [2.05, 4.69) is 42.1 Å². The number of carbonyl (C=O) groups excluding carboxylic acids is 1. The maximum Gasteiger partial charge on any atom is 0.501 e. The van der Waals surface area contributed by atoms with Gasteiger partial charge >= 0.3 is 30.2 Å². The molecule has 4 N–H and O–H groups in total. The van der Waals surface area contributed by atoms with E-state index in [1.165, 1.54) is 47.0 Å². The molecule has 3 rings (SSSR count). The van der Waals surface area contributed by atoms with Gasteiger partial charge in [-0.3, -0.25) is 9.59 Å². The predicted molar refractivity (Wildman–Crippen MR) is 153 cm³/mol. The van der Waals surface area contributed by atoms with E-state index in [4.69, 9.17) is 15.3 Å². The molecule has 0 saturated heterocycles. The zero-order valence-corrected chi connectivity index (χ0v) is 24.0. The largest absolute Gasteiger partial charge is 0.501 e. The molecule has 0 saturated carbocycles. The van der Waals surface area contributed by atoms with E-state index in [0.29, 0.717) is 12.2 Å². The number of carboxylic acid groups (broad SMARTS) is 3. The van der Waals surface area contributed by atoms with Gasteiger partial charge in [-0.05, 0) is 68.1 Å². The fraction of sp³-hybridized carbons (Fsp3) is 0.226. The van der Waals surface area contributed by atoms with Crippen LogP contribution in [0.3, 0.4) is 0 Å². The summed E-state index contributed by atoms with van der Waals surface area (Å²) in [4.78, 5) is 41.6. The Balaban J connectivity index is 0.000000343. The molecule has 9 nitrogen and oxygen atoms in total. The molecular weight excluding hydrogens is 609 g/mol. The number of carbonyl (C=O) groups is 4. The van der Waals surface area contributed by atoms with Crippen molar-refractivity contribution in [2.75, 3.05) is 5.32 Å². The Kier molecular flexibility index (Phi) is 14.9. The molecule has 3 aromatic carbocycles. The molecule has 0 aromatic heterocycles. The first-order chi connectivity index (χ1) is 20.9. The van der Waals surface area contributed by atoms with Crippen molar-refractivity contribution in [2.45, 2.75) is 45.4 Å². The second-order valence-electron chi connectivity index (χ2n) is 9.15. The topological polar surface area (TPSA) is 150 Å². The second kappa shape index (κ2) is 17.8. The molecule has 242 valence electrons. The summed E-state index contributed by atoms with van der Waals surface area (Å²) in [5, 5.41) is 26.9. The van der Waals surface area contributed by atoms with Crippen LogP contribution < -0.4 is 10.1 Å². The summed E-state index contributed by atoms with van der Waals surface area (Å²) < 4.78 is 65.8. The Hall–Kier alpha value is -5.27. The standard InChI is InChI=1S/C12H16O2.C11H8F3NO3.C8H6F2O3/c1-9-6-7-10(2)11(8-9)4-3-5-12(13)14;12-11(13,14)7-2-1-3-8(6-7)15-9(16)4-5-10(17)18;9-8(10,7(11)12)13-6-4-2-1-3-5-6/h6-8H,3-5H2,1-2H3,(H,13,14);1-6H,(H,15,16)(H,17,18);1-5H,(H,11,12)/b;5-4-;. The smallest absolute Gasteiger partial charge is 0.481 e. The molecule has 0 unspecified atom stereocenters. The third-order valence-corrected chi connectivity index (χ3v) is 5.41. The minimum absolute atomic E-state index is 0.0649. The number of nitrogens with one attached hydrogen (secondary N) is 1. The third-order valence-electron chi connectivity index (χ3n) is 5.41. The van der Waals surface area contributed by atoms with Crippen LogP contribution in [0.4, 0.5) is 27.6 Å². The minimum Gasteiger partial charge on any atom is -0.481 e. The molecule has 0 radical (unpaired) electrons. The lowest BCUT2D eigenvalue weighted by Crippen LogP contribution is -2.34. The summed E-state index contributed by atoms with van der Waals surface area (Å²) >= 11 is 0. The Bertz CT molecular complexity index is 1470. The molecule has 0 bridgehead atoms. The Labute approximate surface area is 254 Å². The van der Waals surface area contributed by atoms with Crippen molar-refractivity contribution in [1.82, 2.24) is 0 Å². The number of anilines is 1. The lowest BCUT2D eigenvalue weighted by atomic mass is 10.0. The number of alkyl halides is 5. The first kappa shape index (κ1) is 37.8. The number of benzene rings is 3. The van der Waals surface area contributed by atoms with Crippen LogP contribution >= 0.6 is 0 Å². The number of amides is 1. The number of rotatable bonds is 10. The van der Waals surface area contributed by atoms with Gasteiger partial charge in [-0.1, -0.05) is 48.0 Å². The van der Waals surface area contributed by atoms with Crippen molar-refractivity contribution >= 4 is 29.5 Å². The number of ether oxygens (including phenoxy) is 1. The first-order valence-corrected chi connectivity index (χ1v) is 12.9. The lowest BCUT2D eigenvalue weighted by Gasteiger charge is -2.12. The normalized spacial score (nSPS) is 10.9. The fourth-order valence-corrected chi connectivity index (χ4v) is 3.28. The van der Waals surface area contributed by atoms with Gasteiger partial charge < -0.3 is 25.4 Å². The fourth-order valence-electron chi connectivity index (χ4n) is 3.28. The van der Waals surface area contributed by atoms with E-state index in [0.717, 1.165) is 31.0 Å². The van der Waals surface area contributed by atoms with Crippen LogP contribution in [-0.4, -0.2) is 45.2 Å². The van der Waals surface area contributed by atoms with Crippen LogP contribution in [0.2, 0.25) is 0 Å². The number of para-hydroxylation sites is 1. The molecule has 0 fully saturated rings. The molecule has 0 spiro atoms. The highest BCUT2D eigenvalue weighted by molar-refractivity contribution is 6.02. The molecule has 3 aromatic rings. The summed E-state index contributed by atoms with van der Waals surface area (Å²) in [6, 6.07) is 17.4. The molecule has 45 heavy (non-hydrogen) atoms. The maximum atomic E-state index is 12.4. The molecular formula is C31H30F5NO8. The molecule has 1 amide bonds. The van der Waals surface area contributed by atoms with Crippen LogP contribution in [0.5, 0.6) is 5.75 Å². The van der Waals surface area contributed by atoms with Crippen molar-refractivity contribution in [1.29, 1.82) is 0 Å². The van der Waals surface area contributed by atoms with Gasteiger partial charge in [0.05, 0.1) is 5.56 Å². The van der Waals surface area contributed by atoms with Crippen LogP contribution in [-0.2, 0) is 31.8 Å². The molecule has 14 heteroatoms. The van der Waals surface area contributed by atoms with Gasteiger partial charge in [0.2, 0.25) is 5.91 Å². The Morgan fingerprint density at radius 2 is 1.47 bits per heavy atom. The summed E-state index contributed by atoms with van der Waals surface area (Å²) in [6.45, 7) is 4.12. The maximum absolute atomic E-state index is 12.4. The summed E-state index contributed by atoms with van der Waals surface area (Å²) in [5.74, 6) is -5.35. The monoisotopic (exact) mass is 639 g/mol. The van der Waals surface area contributed by atoms with Gasteiger partial charge in [0.1, 0.15) is 5.75 Å². The van der Waals surface area contributed by atoms with Crippen molar-refractivity contribution < 1.29 is 61.2 Å². The van der Waals surface area contributed by atoms with Crippen molar-refractivity contribution in [3.63, 3.8) is 0 Å². The minimum atomic E-state index is -4.50. The average molecular weight is 640 g/mol. The second-order valence-corrected chi connectivity index (χ2v) is 9.15. The number of halogens is 5. The zero-order valence-electron chi connectivity index (χ0n) is 24.0. The summed E-state index contributed by atoms with van der Waals surface area (Å²) in [7, 11) is 0. The Morgan fingerprint density at radius 1 is 0.822 bits per heavy atom. The van der Waals surface area contributed by atoms with Gasteiger partial charge in [-0.25, -0.2) is 9.59 Å². The summed E-state index contributed by atoms with van der Waals surface area (Å²) in [5.41, 5.74) is 2.79. The molecule has 0 aliphatic rings. The van der Waals surface area contributed by atoms with Crippen molar-refractivity contribution in [3.05, 3.63) is 107 Å². The quantitative estimate of drug-likeness (QED) is 0.141. The molecule has 0 aliphatic heterocycles. The van der Waals surface area contributed by atoms with E-state index in [1.807, 2.05) is 0 Å². The average Bonchev–Trinajstić information content (AvgIpc) is 2.94. The zero-order chi connectivity index (χ0) is 34.2. The predicted octanol–water partition coefficient (Wildman–Crippen LogP) is 6.74. The van der Waals surface area contributed by atoms with E-state index < -0.39 is 41.7 Å². The highest BCUT2D eigenvalue weighted by atomic mass is 19.4. The highest BCUT2D eigenvalue weighted by Crippen LogP contribution is 2.30. The van der Waals surface area contributed by atoms with E-state index >= 15 is 0 Å². The van der Waals surface area contributed by atoms with Crippen LogP contribution in [0.1, 0.15) is 35.1 Å². The number of hydrogen-bond donors (Lipinski definition) is 4. The van der Waals surface area contributed by atoms with E-state index in [1.54, 1.807) is 6.07 Å². The van der Waals surface area contributed by atoms with E-state index in [-0.39, 0.29) is 17.9 Å². The summed E-state index contributed by atoms with van der Waals surface area (Å²) in [6.07, 6.45) is -5.54. The molecule has 0 heterocycles. The Morgan fingerprint density at radius 3 is 2.02 bits per heavy atom. The number of aryl methyl sites for hydroxylation is 3. The van der Waals surface area contributed by atoms with Gasteiger partial charge in [0, 0.05) is 24.3 Å². The molecule has 0 aliphatic carbocycles. The first-order valence-electron chi connectivity index (χ1n) is 12.9. The van der Waals surface area contributed by atoms with Gasteiger partial charge in [0.15, 0.2) is 0 Å². The van der Waals surface area contributed by atoms with E-state index in [9.17, 15) is 41.1 Å². The van der Waals surface area contributed by atoms with Crippen molar-refractivity contribution in [2.24, 2.45) is 0 Å². The van der Waals surface area contributed by atoms with Gasteiger partial charge in [0.25, 0.3) is 0 Å². The molecule has 0 atom stereocenters. The van der Waals surface area contributed by atoms with Crippen LogP contribution in [0.15, 0.2) is 84.9 Å².